The molecule has 0 aliphatic heterocycles. The lowest BCUT2D eigenvalue weighted by Gasteiger charge is -2.21. The Hall–Kier alpha value is -1.27. The minimum atomic E-state index is 0.0235. The topological polar surface area (TPSA) is 20.3 Å². The van der Waals surface area contributed by atoms with E-state index in [4.69, 9.17) is 6.42 Å². The van der Waals surface area contributed by atoms with Crippen molar-refractivity contribution in [2.24, 2.45) is 5.92 Å². The van der Waals surface area contributed by atoms with Crippen LogP contribution in [0.1, 0.15) is 28.8 Å². The number of rotatable bonds is 4. The van der Waals surface area contributed by atoms with E-state index in [0.717, 1.165) is 16.6 Å². The summed E-state index contributed by atoms with van der Waals surface area (Å²) in [5.74, 6) is 3.24. The maximum atomic E-state index is 12.5. The number of carbonyl (C=O) groups is 1. The van der Waals surface area contributed by atoms with E-state index in [9.17, 15) is 4.79 Å². The van der Waals surface area contributed by atoms with E-state index in [0.29, 0.717) is 18.0 Å². The molecule has 3 heteroatoms. The molecule has 1 fully saturated rings. The van der Waals surface area contributed by atoms with Crippen LogP contribution in [-0.4, -0.2) is 23.9 Å². The molecule has 1 saturated carbocycles. The second-order valence-corrected chi connectivity index (χ2v) is 5.56. The van der Waals surface area contributed by atoms with Gasteiger partial charge in [0.1, 0.15) is 0 Å². The molecular weight excluding hydrogens is 290 g/mol. The predicted octanol–water partition coefficient (Wildman–Crippen LogP) is 3.24. The van der Waals surface area contributed by atoms with Crippen LogP contribution in [0.2, 0.25) is 0 Å². The number of carbonyl (C=O) groups excluding carboxylic acids is 1. The first kappa shape index (κ1) is 13.2. The monoisotopic (exact) mass is 305 g/mol. The SMILES string of the molecule is C#CCN(CC1CC1)C(=O)c1cccc(C)c1Br. The summed E-state index contributed by atoms with van der Waals surface area (Å²) in [7, 11) is 0. The second kappa shape index (κ2) is 5.58. The molecule has 1 aliphatic carbocycles. The number of halogens is 1. The van der Waals surface area contributed by atoms with E-state index >= 15 is 0 Å². The minimum Gasteiger partial charge on any atom is -0.327 e. The largest absolute Gasteiger partial charge is 0.327 e. The van der Waals surface area contributed by atoms with E-state index < -0.39 is 0 Å². The Labute approximate surface area is 116 Å². The lowest BCUT2D eigenvalue weighted by Crippen LogP contribution is -2.33. The van der Waals surface area contributed by atoms with Crippen molar-refractivity contribution in [3.8, 4) is 12.3 Å². The summed E-state index contributed by atoms with van der Waals surface area (Å²) in [5.41, 5.74) is 1.76. The maximum Gasteiger partial charge on any atom is 0.255 e. The first-order valence-corrected chi connectivity index (χ1v) is 6.90. The molecule has 0 radical (unpaired) electrons. The van der Waals surface area contributed by atoms with Crippen LogP contribution in [0.5, 0.6) is 0 Å². The first-order chi connectivity index (χ1) is 8.63. The molecule has 94 valence electrons. The molecule has 2 nitrogen and oxygen atoms in total. The molecule has 1 aromatic rings. The molecule has 0 spiro atoms. The molecular formula is C15H16BrNO. The van der Waals surface area contributed by atoms with Gasteiger partial charge < -0.3 is 4.90 Å². The highest BCUT2D eigenvalue weighted by Gasteiger charge is 2.27. The summed E-state index contributed by atoms with van der Waals surface area (Å²) >= 11 is 3.48. The van der Waals surface area contributed by atoms with Gasteiger partial charge in [-0.3, -0.25) is 4.79 Å². The van der Waals surface area contributed by atoms with Crippen molar-refractivity contribution in [1.29, 1.82) is 0 Å². The molecule has 0 bridgehead atoms. The average molecular weight is 306 g/mol. The molecule has 0 unspecified atom stereocenters. The maximum absolute atomic E-state index is 12.5. The number of amides is 1. The summed E-state index contributed by atoms with van der Waals surface area (Å²) in [6.45, 7) is 3.15. The molecule has 1 aromatic carbocycles. The molecule has 1 aliphatic rings. The van der Waals surface area contributed by atoms with Gasteiger partial charge in [-0.2, -0.15) is 0 Å². The summed E-state index contributed by atoms with van der Waals surface area (Å²) < 4.78 is 0.868. The van der Waals surface area contributed by atoms with Gasteiger partial charge in [0.05, 0.1) is 12.1 Å². The Balaban J connectivity index is 2.21. The highest BCUT2D eigenvalue weighted by Crippen LogP contribution is 2.31. The van der Waals surface area contributed by atoms with Gasteiger partial charge in [0, 0.05) is 11.0 Å². The summed E-state index contributed by atoms with van der Waals surface area (Å²) in [6.07, 6.45) is 7.78. The van der Waals surface area contributed by atoms with Crippen LogP contribution in [0.3, 0.4) is 0 Å². The Bertz CT molecular complexity index is 500. The zero-order valence-electron chi connectivity index (χ0n) is 10.4. The van der Waals surface area contributed by atoms with E-state index in [2.05, 4.69) is 21.9 Å². The van der Waals surface area contributed by atoms with Gasteiger partial charge in [0.15, 0.2) is 0 Å². The van der Waals surface area contributed by atoms with Gasteiger partial charge in [0.25, 0.3) is 5.91 Å². The molecule has 2 rings (SSSR count). The number of benzene rings is 1. The fourth-order valence-electron chi connectivity index (χ4n) is 1.92. The Kier molecular flexibility index (Phi) is 4.08. The quantitative estimate of drug-likeness (QED) is 0.782. The number of nitrogens with zero attached hydrogens (tertiary/aromatic N) is 1. The Morgan fingerprint density at radius 2 is 2.28 bits per heavy atom. The lowest BCUT2D eigenvalue weighted by atomic mass is 10.1. The van der Waals surface area contributed by atoms with Crippen LogP contribution < -0.4 is 0 Å². The molecule has 18 heavy (non-hydrogen) atoms. The third kappa shape index (κ3) is 2.94. The number of aryl methyl sites for hydroxylation is 1. The molecule has 0 aromatic heterocycles. The van der Waals surface area contributed by atoms with Crippen LogP contribution in [0, 0.1) is 25.2 Å². The first-order valence-electron chi connectivity index (χ1n) is 6.11. The van der Waals surface area contributed by atoms with Crippen LogP contribution in [0.15, 0.2) is 22.7 Å². The van der Waals surface area contributed by atoms with Crippen molar-refractivity contribution in [1.82, 2.24) is 4.90 Å². The zero-order valence-corrected chi connectivity index (χ0v) is 12.0. The van der Waals surface area contributed by atoms with Crippen LogP contribution in [0.4, 0.5) is 0 Å². The molecule has 0 atom stereocenters. The summed E-state index contributed by atoms with van der Waals surface area (Å²) in [6, 6.07) is 5.72. The third-order valence-corrected chi connectivity index (χ3v) is 4.22. The number of hydrogen-bond acceptors (Lipinski definition) is 1. The number of hydrogen-bond donors (Lipinski definition) is 0. The highest BCUT2D eigenvalue weighted by atomic mass is 79.9. The summed E-state index contributed by atoms with van der Waals surface area (Å²) in [4.78, 5) is 14.2. The number of terminal acetylenes is 1. The van der Waals surface area contributed by atoms with Crippen molar-refractivity contribution in [3.63, 3.8) is 0 Å². The molecule has 0 N–H and O–H groups in total. The van der Waals surface area contributed by atoms with Gasteiger partial charge in [-0.25, -0.2) is 0 Å². The van der Waals surface area contributed by atoms with Crippen LogP contribution >= 0.6 is 15.9 Å². The van der Waals surface area contributed by atoms with E-state index in [1.54, 1.807) is 4.90 Å². The van der Waals surface area contributed by atoms with Gasteiger partial charge in [-0.15, -0.1) is 6.42 Å². The smallest absolute Gasteiger partial charge is 0.255 e. The predicted molar refractivity (Wildman–Crippen MR) is 76.3 cm³/mol. The summed E-state index contributed by atoms with van der Waals surface area (Å²) in [5, 5.41) is 0. The van der Waals surface area contributed by atoms with Crippen molar-refractivity contribution >= 4 is 21.8 Å². The van der Waals surface area contributed by atoms with Crippen LogP contribution in [-0.2, 0) is 0 Å². The van der Waals surface area contributed by atoms with Crippen molar-refractivity contribution in [2.45, 2.75) is 19.8 Å². The molecule has 0 saturated heterocycles. The van der Waals surface area contributed by atoms with Crippen molar-refractivity contribution in [2.75, 3.05) is 13.1 Å². The van der Waals surface area contributed by atoms with Gasteiger partial charge >= 0.3 is 0 Å². The van der Waals surface area contributed by atoms with E-state index in [1.165, 1.54) is 12.8 Å². The molecule has 0 heterocycles. The fourth-order valence-corrected chi connectivity index (χ4v) is 2.36. The lowest BCUT2D eigenvalue weighted by molar-refractivity contribution is 0.0769. The Morgan fingerprint density at radius 1 is 1.56 bits per heavy atom. The van der Waals surface area contributed by atoms with Crippen molar-refractivity contribution < 1.29 is 4.79 Å². The highest BCUT2D eigenvalue weighted by molar-refractivity contribution is 9.10. The minimum absolute atomic E-state index is 0.0235. The fraction of sp³-hybridized carbons (Fsp3) is 0.400. The van der Waals surface area contributed by atoms with E-state index in [-0.39, 0.29) is 5.91 Å². The van der Waals surface area contributed by atoms with Gasteiger partial charge in [-0.1, -0.05) is 18.1 Å². The Morgan fingerprint density at radius 3 is 2.89 bits per heavy atom. The third-order valence-electron chi connectivity index (χ3n) is 3.17. The molecule has 1 amide bonds. The van der Waals surface area contributed by atoms with E-state index in [1.807, 2.05) is 25.1 Å². The average Bonchev–Trinajstić information content (AvgIpc) is 3.15. The zero-order chi connectivity index (χ0) is 13.1. The van der Waals surface area contributed by atoms with Gasteiger partial charge in [0.2, 0.25) is 0 Å². The second-order valence-electron chi connectivity index (χ2n) is 4.77. The standard InChI is InChI=1S/C15H16BrNO/c1-3-9-17(10-12-7-8-12)15(18)13-6-4-5-11(2)14(13)16/h1,4-6,12H,7-10H2,2H3. The normalized spacial score (nSPS) is 14.1. The van der Waals surface area contributed by atoms with Crippen molar-refractivity contribution in [3.05, 3.63) is 33.8 Å². The van der Waals surface area contributed by atoms with Gasteiger partial charge in [-0.05, 0) is 53.2 Å². The van der Waals surface area contributed by atoms with Crippen LogP contribution in [0.25, 0.3) is 0 Å².